The van der Waals surface area contributed by atoms with Crippen LogP contribution < -0.4 is 0 Å². The van der Waals surface area contributed by atoms with Gasteiger partial charge in [-0.25, -0.2) is 0 Å². The second-order valence-corrected chi connectivity index (χ2v) is 3.69. The van der Waals surface area contributed by atoms with E-state index >= 15 is 0 Å². The first-order valence-corrected chi connectivity index (χ1v) is 4.21. The first-order chi connectivity index (χ1) is 5.18. The van der Waals surface area contributed by atoms with E-state index in [2.05, 4.69) is 19.1 Å². The van der Waals surface area contributed by atoms with Crippen LogP contribution in [-0.4, -0.2) is 4.32 Å². The molecule has 1 rings (SSSR count). The van der Waals surface area contributed by atoms with Crippen molar-refractivity contribution < 1.29 is 0 Å². The second-order valence-electron chi connectivity index (χ2n) is 2.52. The summed E-state index contributed by atoms with van der Waals surface area (Å²) in [5.74, 6) is 0. The van der Waals surface area contributed by atoms with Crippen molar-refractivity contribution in [3.05, 3.63) is 35.4 Å². The molecule has 0 aliphatic rings. The van der Waals surface area contributed by atoms with Crippen LogP contribution >= 0.6 is 23.8 Å². The molecule has 2 heteroatoms. The smallest absolute Gasteiger partial charge is 0.0761 e. The van der Waals surface area contributed by atoms with Crippen molar-refractivity contribution in [2.24, 2.45) is 0 Å². The van der Waals surface area contributed by atoms with Gasteiger partial charge in [0.2, 0.25) is 0 Å². The minimum absolute atomic E-state index is 0.524. The van der Waals surface area contributed by atoms with E-state index in [-0.39, 0.29) is 0 Å². The summed E-state index contributed by atoms with van der Waals surface area (Å²) in [6.07, 6.45) is 0.693. The maximum absolute atomic E-state index is 5.60. The molecule has 0 amide bonds. The molecule has 0 heterocycles. The number of hydrogen-bond donors (Lipinski definition) is 0. The van der Waals surface area contributed by atoms with Crippen LogP contribution in [0.25, 0.3) is 0 Å². The normalized spacial score (nSPS) is 9.64. The van der Waals surface area contributed by atoms with Crippen LogP contribution in [0.1, 0.15) is 11.1 Å². The van der Waals surface area contributed by atoms with Gasteiger partial charge in [0.15, 0.2) is 0 Å². The average Bonchev–Trinajstić information content (AvgIpc) is 1.85. The molecule has 0 N–H and O–H groups in total. The number of thiocarbonyl (C=S) groups is 1. The second kappa shape index (κ2) is 3.84. The third-order valence-electron chi connectivity index (χ3n) is 1.43. The molecule has 0 aliphatic carbocycles. The maximum Gasteiger partial charge on any atom is 0.0852 e. The predicted molar refractivity (Wildman–Crippen MR) is 53.3 cm³/mol. The van der Waals surface area contributed by atoms with E-state index in [0.29, 0.717) is 10.7 Å². The van der Waals surface area contributed by atoms with E-state index in [1.807, 2.05) is 12.1 Å². The molecular formula is C9H9ClS. The minimum Gasteiger partial charge on any atom is -0.0761 e. The van der Waals surface area contributed by atoms with Crippen LogP contribution in [0, 0.1) is 6.92 Å². The van der Waals surface area contributed by atoms with Crippen molar-refractivity contribution in [2.45, 2.75) is 13.3 Å². The van der Waals surface area contributed by atoms with E-state index < -0.39 is 0 Å². The van der Waals surface area contributed by atoms with Gasteiger partial charge in [-0.1, -0.05) is 53.6 Å². The third kappa shape index (κ3) is 3.00. The lowest BCUT2D eigenvalue weighted by molar-refractivity contribution is 1.33. The van der Waals surface area contributed by atoms with Gasteiger partial charge in [0.05, 0.1) is 4.32 Å². The molecule has 0 unspecified atom stereocenters. The lowest BCUT2D eigenvalue weighted by atomic mass is 10.1. The summed E-state index contributed by atoms with van der Waals surface area (Å²) < 4.78 is 0.524. The summed E-state index contributed by atoms with van der Waals surface area (Å²) in [6.45, 7) is 2.06. The Kier molecular flexibility index (Phi) is 3.03. The molecule has 1 aromatic carbocycles. The molecule has 0 aromatic heterocycles. The fourth-order valence-electron chi connectivity index (χ4n) is 0.983. The fraction of sp³-hybridized carbons (Fsp3) is 0.222. The summed E-state index contributed by atoms with van der Waals surface area (Å²) in [7, 11) is 0. The zero-order valence-electron chi connectivity index (χ0n) is 6.30. The van der Waals surface area contributed by atoms with E-state index in [9.17, 15) is 0 Å². The highest BCUT2D eigenvalue weighted by Gasteiger charge is 1.94. The first-order valence-electron chi connectivity index (χ1n) is 3.42. The van der Waals surface area contributed by atoms with Crippen molar-refractivity contribution >= 4 is 28.1 Å². The van der Waals surface area contributed by atoms with Gasteiger partial charge in [-0.2, -0.15) is 0 Å². The van der Waals surface area contributed by atoms with Crippen LogP contribution in [0.3, 0.4) is 0 Å². The van der Waals surface area contributed by atoms with Gasteiger partial charge in [-0.15, -0.1) is 0 Å². The molecule has 0 spiro atoms. The molecule has 0 aliphatic heterocycles. The third-order valence-corrected chi connectivity index (χ3v) is 1.70. The van der Waals surface area contributed by atoms with Crippen molar-refractivity contribution in [3.63, 3.8) is 0 Å². The highest BCUT2D eigenvalue weighted by Crippen LogP contribution is 2.06. The van der Waals surface area contributed by atoms with Crippen molar-refractivity contribution in [3.8, 4) is 0 Å². The molecule has 0 atom stereocenters. The summed E-state index contributed by atoms with van der Waals surface area (Å²) in [4.78, 5) is 0. The lowest BCUT2D eigenvalue weighted by Crippen LogP contribution is -1.90. The largest absolute Gasteiger partial charge is 0.0852 e. The molecule has 0 radical (unpaired) electrons. The highest BCUT2D eigenvalue weighted by molar-refractivity contribution is 7.83. The van der Waals surface area contributed by atoms with E-state index in [4.69, 9.17) is 23.8 Å². The fourth-order valence-corrected chi connectivity index (χ4v) is 1.30. The highest BCUT2D eigenvalue weighted by atomic mass is 35.5. The van der Waals surface area contributed by atoms with Crippen LogP contribution in [0.4, 0.5) is 0 Å². The van der Waals surface area contributed by atoms with Crippen LogP contribution in [0.15, 0.2) is 24.3 Å². The quantitative estimate of drug-likeness (QED) is 0.503. The summed E-state index contributed by atoms with van der Waals surface area (Å²) >= 11 is 10.4. The number of aryl methyl sites for hydroxylation is 1. The topological polar surface area (TPSA) is 0 Å². The zero-order valence-corrected chi connectivity index (χ0v) is 7.88. The molecule has 0 saturated heterocycles. The Balaban J connectivity index is 2.79. The molecule has 0 saturated carbocycles. The Bertz CT molecular complexity index is 268. The number of hydrogen-bond acceptors (Lipinski definition) is 1. The summed E-state index contributed by atoms with van der Waals surface area (Å²) in [5, 5.41) is 0. The van der Waals surface area contributed by atoms with Crippen LogP contribution in [-0.2, 0) is 6.42 Å². The Labute approximate surface area is 77.2 Å². The van der Waals surface area contributed by atoms with Gasteiger partial charge in [0, 0.05) is 6.42 Å². The number of rotatable bonds is 2. The Morgan fingerprint density at radius 1 is 1.55 bits per heavy atom. The monoisotopic (exact) mass is 184 g/mol. The number of halogens is 1. The van der Waals surface area contributed by atoms with Crippen LogP contribution in [0.2, 0.25) is 0 Å². The SMILES string of the molecule is Cc1cccc(CC(=S)Cl)c1. The zero-order chi connectivity index (χ0) is 8.27. The van der Waals surface area contributed by atoms with Gasteiger partial charge < -0.3 is 0 Å². The van der Waals surface area contributed by atoms with Crippen molar-refractivity contribution in [2.75, 3.05) is 0 Å². The molecule has 11 heavy (non-hydrogen) atoms. The van der Waals surface area contributed by atoms with E-state index in [0.717, 1.165) is 0 Å². The molecule has 58 valence electrons. The number of benzene rings is 1. The van der Waals surface area contributed by atoms with Gasteiger partial charge in [-0.3, -0.25) is 0 Å². The average molecular weight is 185 g/mol. The molecular weight excluding hydrogens is 176 g/mol. The Hall–Kier alpha value is -0.400. The van der Waals surface area contributed by atoms with Gasteiger partial charge >= 0.3 is 0 Å². The molecule has 0 bridgehead atoms. The van der Waals surface area contributed by atoms with E-state index in [1.165, 1.54) is 11.1 Å². The van der Waals surface area contributed by atoms with Gasteiger partial charge in [0.25, 0.3) is 0 Å². The Morgan fingerprint density at radius 3 is 2.82 bits per heavy atom. The molecule has 0 nitrogen and oxygen atoms in total. The van der Waals surface area contributed by atoms with Gasteiger partial charge in [-0.05, 0) is 12.5 Å². The van der Waals surface area contributed by atoms with Crippen LogP contribution in [0.5, 0.6) is 0 Å². The lowest BCUT2D eigenvalue weighted by Gasteiger charge is -1.98. The summed E-state index contributed by atoms with van der Waals surface area (Å²) in [5.41, 5.74) is 2.43. The Morgan fingerprint density at radius 2 is 2.27 bits per heavy atom. The van der Waals surface area contributed by atoms with E-state index in [1.54, 1.807) is 0 Å². The van der Waals surface area contributed by atoms with Crippen molar-refractivity contribution in [1.82, 2.24) is 0 Å². The van der Waals surface area contributed by atoms with Crippen molar-refractivity contribution in [1.29, 1.82) is 0 Å². The standard InChI is InChI=1S/C9H9ClS/c1-7-3-2-4-8(5-7)6-9(10)11/h2-5H,6H2,1H3. The summed E-state index contributed by atoms with van der Waals surface area (Å²) in [6, 6.07) is 8.19. The molecule has 0 fully saturated rings. The maximum atomic E-state index is 5.60. The first kappa shape index (κ1) is 8.69. The minimum atomic E-state index is 0.524. The van der Waals surface area contributed by atoms with Gasteiger partial charge in [0.1, 0.15) is 0 Å². The predicted octanol–water partition coefficient (Wildman–Crippen LogP) is 3.10. The molecule has 1 aromatic rings.